The van der Waals surface area contributed by atoms with Gasteiger partial charge in [0.25, 0.3) is 0 Å². The van der Waals surface area contributed by atoms with Crippen molar-refractivity contribution in [2.75, 3.05) is 12.3 Å². The van der Waals surface area contributed by atoms with Crippen molar-refractivity contribution in [1.82, 2.24) is 10.2 Å². The first kappa shape index (κ1) is 24.9. The molecule has 2 aromatic carbocycles. The standard InChI is InChI=1S/C25H33FN2O2S/c1-3-5-16-27-25(30)23(4-2)28(18-20-11-13-22(26)14-12-20)24(29)15-17-31-19-21-9-7-6-8-10-21/h6-14,23H,3-5,15-19H2,1-2H3,(H,27,30)/t23-/m1/s1. The topological polar surface area (TPSA) is 49.4 Å². The maximum absolute atomic E-state index is 13.3. The SMILES string of the molecule is CCCCNC(=O)[C@@H](CC)N(Cc1ccc(F)cc1)C(=O)CCSCc1ccccc1. The van der Waals surface area contributed by atoms with E-state index in [4.69, 9.17) is 0 Å². The number of unbranched alkanes of at least 4 members (excludes halogenated alkanes) is 1. The van der Waals surface area contributed by atoms with Crippen LogP contribution in [0.15, 0.2) is 54.6 Å². The fourth-order valence-electron chi connectivity index (χ4n) is 3.28. The molecule has 0 aliphatic carbocycles. The van der Waals surface area contributed by atoms with Gasteiger partial charge >= 0.3 is 0 Å². The normalized spacial score (nSPS) is 11.7. The Morgan fingerprint density at radius 1 is 1.03 bits per heavy atom. The summed E-state index contributed by atoms with van der Waals surface area (Å²) in [5.74, 6) is 1.04. The second kappa shape index (κ2) is 13.9. The second-order valence-electron chi connectivity index (χ2n) is 7.50. The maximum Gasteiger partial charge on any atom is 0.242 e. The van der Waals surface area contributed by atoms with E-state index in [-0.39, 0.29) is 17.6 Å². The second-order valence-corrected chi connectivity index (χ2v) is 8.61. The lowest BCUT2D eigenvalue weighted by Crippen LogP contribution is -2.49. The van der Waals surface area contributed by atoms with Gasteiger partial charge in [0.15, 0.2) is 0 Å². The predicted molar refractivity (Wildman–Crippen MR) is 126 cm³/mol. The van der Waals surface area contributed by atoms with Crippen molar-refractivity contribution in [3.05, 3.63) is 71.5 Å². The van der Waals surface area contributed by atoms with Gasteiger partial charge in [0.1, 0.15) is 11.9 Å². The average Bonchev–Trinajstić information content (AvgIpc) is 2.78. The quantitative estimate of drug-likeness (QED) is 0.434. The Labute approximate surface area is 189 Å². The minimum atomic E-state index is -0.534. The van der Waals surface area contributed by atoms with Crippen LogP contribution in [0.2, 0.25) is 0 Å². The van der Waals surface area contributed by atoms with Crippen LogP contribution in [0, 0.1) is 5.82 Å². The third kappa shape index (κ3) is 8.74. The first-order valence-electron chi connectivity index (χ1n) is 11.0. The van der Waals surface area contributed by atoms with E-state index in [2.05, 4.69) is 24.4 Å². The lowest BCUT2D eigenvalue weighted by atomic mass is 10.1. The number of nitrogens with zero attached hydrogens (tertiary/aromatic N) is 1. The molecule has 0 radical (unpaired) electrons. The molecule has 31 heavy (non-hydrogen) atoms. The summed E-state index contributed by atoms with van der Waals surface area (Å²) in [6, 6.07) is 15.7. The molecule has 4 nitrogen and oxygen atoms in total. The highest BCUT2D eigenvalue weighted by molar-refractivity contribution is 7.98. The number of carbonyl (C=O) groups is 2. The molecular formula is C25H33FN2O2S. The van der Waals surface area contributed by atoms with Gasteiger partial charge in [-0.2, -0.15) is 11.8 Å². The van der Waals surface area contributed by atoms with Gasteiger partial charge in [-0.05, 0) is 36.1 Å². The molecule has 0 heterocycles. The summed E-state index contributed by atoms with van der Waals surface area (Å²) in [5, 5.41) is 2.96. The first-order chi connectivity index (χ1) is 15.0. The van der Waals surface area contributed by atoms with Gasteiger partial charge in [-0.1, -0.05) is 62.7 Å². The molecule has 6 heteroatoms. The van der Waals surface area contributed by atoms with Crippen molar-refractivity contribution in [2.45, 2.75) is 57.9 Å². The fraction of sp³-hybridized carbons (Fsp3) is 0.440. The van der Waals surface area contributed by atoms with Crippen molar-refractivity contribution in [2.24, 2.45) is 0 Å². The first-order valence-corrected chi connectivity index (χ1v) is 12.1. The Morgan fingerprint density at radius 2 is 1.74 bits per heavy atom. The number of halogens is 1. The lowest BCUT2D eigenvalue weighted by molar-refractivity contribution is -0.141. The van der Waals surface area contributed by atoms with E-state index in [1.807, 2.05) is 25.1 Å². The molecule has 0 aliphatic rings. The number of rotatable bonds is 13. The van der Waals surface area contributed by atoms with Gasteiger partial charge in [0.05, 0.1) is 0 Å². The van der Waals surface area contributed by atoms with Crippen molar-refractivity contribution >= 4 is 23.6 Å². The highest BCUT2D eigenvalue weighted by Crippen LogP contribution is 2.17. The molecule has 2 rings (SSSR count). The van der Waals surface area contributed by atoms with Crippen LogP contribution in [0.25, 0.3) is 0 Å². The number of carbonyl (C=O) groups excluding carboxylic acids is 2. The molecule has 2 amide bonds. The van der Waals surface area contributed by atoms with E-state index in [0.29, 0.717) is 31.7 Å². The average molecular weight is 445 g/mol. The minimum absolute atomic E-state index is 0.0534. The van der Waals surface area contributed by atoms with E-state index >= 15 is 0 Å². The van der Waals surface area contributed by atoms with Crippen molar-refractivity contribution in [3.8, 4) is 0 Å². The summed E-state index contributed by atoms with van der Waals surface area (Å²) in [6.07, 6.45) is 2.79. The summed E-state index contributed by atoms with van der Waals surface area (Å²) >= 11 is 1.71. The predicted octanol–water partition coefficient (Wildman–Crippen LogP) is 5.17. The molecule has 0 aromatic heterocycles. The largest absolute Gasteiger partial charge is 0.354 e. The number of thioether (sulfide) groups is 1. The lowest BCUT2D eigenvalue weighted by Gasteiger charge is -2.30. The van der Waals surface area contributed by atoms with Crippen molar-refractivity contribution in [1.29, 1.82) is 0 Å². The van der Waals surface area contributed by atoms with Crippen LogP contribution in [-0.2, 0) is 21.9 Å². The van der Waals surface area contributed by atoms with Crippen LogP contribution in [0.3, 0.4) is 0 Å². The monoisotopic (exact) mass is 444 g/mol. The molecule has 0 saturated heterocycles. The smallest absolute Gasteiger partial charge is 0.242 e. The molecule has 1 N–H and O–H groups in total. The van der Waals surface area contributed by atoms with Crippen LogP contribution in [-0.4, -0.2) is 35.1 Å². The molecular weight excluding hydrogens is 411 g/mol. The Balaban J connectivity index is 2.02. The van der Waals surface area contributed by atoms with Gasteiger partial charge in [-0.15, -0.1) is 0 Å². The van der Waals surface area contributed by atoms with Gasteiger partial charge in [0.2, 0.25) is 11.8 Å². The highest BCUT2D eigenvalue weighted by atomic mass is 32.2. The van der Waals surface area contributed by atoms with Crippen LogP contribution in [0.5, 0.6) is 0 Å². The molecule has 2 aromatic rings. The highest BCUT2D eigenvalue weighted by Gasteiger charge is 2.28. The van der Waals surface area contributed by atoms with Crippen LogP contribution in [0.1, 0.15) is 50.7 Å². The molecule has 0 spiro atoms. The van der Waals surface area contributed by atoms with E-state index in [1.165, 1.54) is 17.7 Å². The Morgan fingerprint density at radius 3 is 2.39 bits per heavy atom. The molecule has 0 aliphatic heterocycles. The van der Waals surface area contributed by atoms with E-state index < -0.39 is 6.04 Å². The summed E-state index contributed by atoms with van der Waals surface area (Å²) < 4.78 is 13.3. The fourth-order valence-corrected chi connectivity index (χ4v) is 4.17. The summed E-state index contributed by atoms with van der Waals surface area (Å²) in [7, 11) is 0. The van der Waals surface area contributed by atoms with Gasteiger partial charge in [-0.3, -0.25) is 9.59 Å². The van der Waals surface area contributed by atoms with E-state index in [0.717, 1.165) is 24.2 Å². The molecule has 0 bridgehead atoms. The minimum Gasteiger partial charge on any atom is -0.354 e. The number of benzene rings is 2. The summed E-state index contributed by atoms with van der Waals surface area (Å²) in [5.41, 5.74) is 2.04. The van der Waals surface area contributed by atoms with Crippen molar-refractivity contribution in [3.63, 3.8) is 0 Å². The third-order valence-electron chi connectivity index (χ3n) is 5.05. The number of hydrogen-bond acceptors (Lipinski definition) is 3. The van der Waals surface area contributed by atoms with Crippen LogP contribution in [0.4, 0.5) is 4.39 Å². The molecule has 1 atom stereocenters. The number of hydrogen-bond donors (Lipinski definition) is 1. The summed E-state index contributed by atoms with van der Waals surface area (Å²) in [6.45, 7) is 4.89. The Hall–Kier alpha value is -2.34. The molecule has 0 saturated carbocycles. The van der Waals surface area contributed by atoms with Crippen LogP contribution >= 0.6 is 11.8 Å². The molecule has 0 unspecified atom stereocenters. The van der Waals surface area contributed by atoms with Crippen LogP contribution < -0.4 is 5.32 Å². The Kier molecular flexibility index (Phi) is 11.1. The van der Waals surface area contributed by atoms with Gasteiger partial charge in [0, 0.05) is 31.0 Å². The van der Waals surface area contributed by atoms with E-state index in [1.54, 1.807) is 28.8 Å². The van der Waals surface area contributed by atoms with Gasteiger partial charge < -0.3 is 10.2 Å². The number of nitrogens with one attached hydrogen (secondary N) is 1. The summed E-state index contributed by atoms with van der Waals surface area (Å²) in [4.78, 5) is 27.6. The maximum atomic E-state index is 13.3. The zero-order valence-electron chi connectivity index (χ0n) is 18.5. The third-order valence-corrected chi connectivity index (χ3v) is 6.08. The zero-order valence-corrected chi connectivity index (χ0v) is 19.3. The zero-order chi connectivity index (χ0) is 22.5. The molecule has 0 fully saturated rings. The molecule has 168 valence electrons. The number of amides is 2. The van der Waals surface area contributed by atoms with E-state index in [9.17, 15) is 14.0 Å². The van der Waals surface area contributed by atoms with Crippen molar-refractivity contribution < 1.29 is 14.0 Å². The Bertz CT molecular complexity index is 799. The van der Waals surface area contributed by atoms with Gasteiger partial charge in [-0.25, -0.2) is 4.39 Å².